The Hall–Kier alpha value is -2.67. The van der Waals surface area contributed by atoms with Gasteiger partial charge in [-0.3, -0.25) is 4.79 Å². The molecule has 0 bridgehead atoms. The first-order valence-corrected chi connectivity index (χ1v) is 6.31. The van der Waals surface area contributed by atoms with E-state index >= 15 is 0 Å². The van der Waals surface area contributed by atoms with Crippen LogP contribution >= 0.6 is 0 Å². The zero-order valence-corrected chi connectivity index (χ0v) is 11.5. The summed E-state index contributed by atoms with van der Waals surface area (Å²) >= 11 is 0. The fourth-order valence-electron chi connectivity index (χ4n) is 1.67. The second-order valence-electron chi connectivity index (χ2n) is 4.22. The predicted molar refractivity (Wildman–Crippen MR) is 72.3 cm³/mol. The van der Waals surface area contributed by atoms with Crippen LogP contribution in [-0.4, -0.2) is 30.4 Å². The number of nitriles is 2. The third kappa shape index (κ3) is 4.15. The molecule has 5 nitrogen and oxygen atoms in total. The molecule has 1 amide bonds. The third-order valence-corrected chi connectivity index (χ3v) is 2.65. The average Bonchev–Trinajstić information content (AvgIpc) is 2.45. The van der Waals surface area contributed by atoms with Gasteiger partial charge in [0.2, 0.25) is 0 Å². The van der Waals surface area contributed by atoms with Crippen molar-refractivity contribution in [3.05, 3.63) is 29.3 Å². The highest BCUT2D eigenvalue weighted by molar-refractivity contribution is 5.95. The number of carbonyl (C=O) groups is 1. The highest BCUT2D eigenvalue weighted by Crippen LogP contribution is 2.21. The van der Waals surface area contributed by atoms with Crippen molar-refractivity contribution in [1.82, 2.24) is 4.90 Å². The van der Waals surface area contributed by atoms with E-state index in [9.17, 15) is 13.6 Å². The van der Waals surface area contributed by atoms with Gasteiger partial charge in [-0.2, -0.15) is 10.5 Å². The molecule has 1 rings (SSSR count). The molecular formula is C14H14F2N4O. The minimum Gasteiger partial charge on any atom is -0.380 e. The van der Waals surface area contributed by atoms with E-state index in [2.05, 4.69) is 5.32 Å². The van der Waals surface area contributed by atoms with Crippen LogP contribution < -0.4 is 5.32 Å². The molecule has 21 heavy (non-hydrogen) atoms. The lowest BCUT2D eigenvalue weighted by atomic mass is 10.1. The van der Waals surface area contributed by atoms with E-state index < -0.39 is 17.5 Å². The molecule has 0 fully saturated rings. The number of nitrogens with one attached hydrogen (secondary N) is 1. The maximum Gasteiger partial charge on any atom is 0.255 e. The SMILES string of the molecule is CCCNc1c(F)cc(C(=O)N(CC#N)CC#N)cc1F. The van der Waals surface area contributed by atoms with Gasteiger partial charge >= 0.3 is 0 Å². The van der Waals surface area contributed by atoms with Gasteiger partial charge < -0.3 is 10.2 Å². The Morgan fingerprint density at radius 3 is 2.19 bits per heavy atom. The van der Waals surface area contributed by atoms with Crippen LogP contribution in [-0.2, 0) is 0 Å². The predicted octanol–water partition coefficient (Wildman–Crippen LogP) is 2.28. The van der Waals surface area contributed by atoms with Crippen LogP contribution in [0.5, 0.6) is 0 Å². The molecule has 0 aromatic heterocycles. The Labute approximate surface area is 121 Å². The van der Waals surface area contributed by atoms with E-state index in [0.29, 0.717) is 13.0 Å². The quantitative estimate of drug-likeness (QED) is 0.816. The fraction of sp³-hybridized carbons (Fsp3) is 0.357. The first-order valence-electron chi connectivity index (χ1n) is 6.31. The second-order valence-corrected chi connectivity index (χ2v) is 4.22. The van der Waals surface area contributed by atoms with Crippen LogP contribution in [0.3, 0.4) is 0 Å². The van der Waals surface area contributed by atoms with Gasteiger partial charge in [-0.15, -0.1) is 0 Å². The topological polar surface area (TPSA) is 79.9 Å². The summed E-state index contributed by atoms with van der Waals surface area (Å²) in [5.74, 6) is -2.54. The van der Waals surface area contributed by atoms with Gasteiger partial charge in [-0.05, 0) is 18.6 Å². The molecular weight excluding hydrogens is 278 g/mol. The number of hydrogen-bond donors (Lipinski definition) is 1. The molecule has 0 saturated heterocycles. The smallest absolute Gasteiger partial charge is 0.255 e. The van der Waals surface area contributed by atoms with Gasteiger partial charge in [-0.1, -0.05) is 6.92 Å². The molecule has 1 aromatic rings. The number of halogens is 2. The highest BCUT2D eigenvalue weighted by atomic mass is 19.1. The van der Waals surface area contributed by atoms with Gasteiger partial charge in [-0.25, -0.2) is 8.78 Å². The number of benzene rings is 1. The summed E-state index contributed by atoms with van der Waals surface area (Å²) in [5.41, 5.74) is -0.530. The summed E-state index contributed by atoms with van der Waals surface area (Å²) in [7, 11) is 0. The van der Waals surface area contributed by atoms with Crippen molar-refractivity contribution in [1.29, 1.82) is 10.5 Å². The summed E-state index contributed by atoms with van der Waals surface area (Å²) in [6.45, 7) is 1.59. The lowest BCUT2D eigenvalue weighted by molar-refractivity contribution is 0.0793. The van der Waals surface area contributed by atoms with E-state index in [1.165, 1.54) is 0 Å². The van der Waals surface area contributed by atoms with E-state index in [0.717, 1.165) is 17.0 Å². The van der Waals surface area contributed by atoms with Crippen LogP contribution in [0.25, 0.3) is 0 Å². The first kappa shape index (κ1) is 16.4. The molecule has 0 heterocycles. The molecule has 0 aliphatic rings. The minimum atomic E-state index is -0.888. The van der Waals surface area contributed by atoms with Gasteiger partial charge in [0.1, 0.15) is 30.4 Å². The summed E-state index contributed by atoms with van der Waals surface area (Å²) in [4.78, 5) is 12.9. The van der Waals surface area contributed by atoms with Crippen LogP contribution in [0.15, 0.2) is 12.1 Å². The molecule has 1 N–H and O–H groups in total. The Kier molecular flexibility index (Phi) is 6.09. The Balaban J connectivity index is 3.06. The lowest BCUT2D eigenvalue weighted by Crippen LogP contribution is -2.32. The summed E-state index contributed by atoms with van der Waals surface area (Å²) < 4.78 is 27.7. The fourth-order valence-corrected chi connectivity index (χ4v) is 1.67. The Morgan fingerprint density at radius 1 is 1.24 bits per heavy atom. The van der Waals surface area contributed by atoms with Crippen LogP contribution in [0.4, 0.5) is 14.5 Å². The molecule has 0 aliphatic heterocycles. The van der Waals surface area contributed by atoms with Crippen molar-refractivity contribution in [2.45, 2.75) is 13.3 Å². The number of nitrogens with zero attached hydrogens (tertiary/aromatic N) is 3. The van der Waals surface area contributed by atoms with Crippen molar-refractivity contribution in [2.24, 2.45) is 0 Å². The number of rotatable bonds is 6. The van der Waals surface area contributed by atoms with Gasteiger partial charge in [0.25, 0.3) is 5.91 Å². The van der Waals surface area contributed by atoms with E-state index in [4.69, 9.17) is 10.5 Å². The van der Waals surface area contributed by atoms with Crippen molar-refractivity contribution in [3.8, 4) is 12.1 Å². The number of amides is 1. The Bertz CT molecular complexity index is 565. The van der Waals surface area contributed by atoms with Gasteiger partial charge in [0, 0.05) is 12.1 Å². The molecule has 0 aliphatic carbocycles. The van der Waals surface area contributed by atoms with Crippen molar-refractivity contribution in [2.75, 3.05) is 25.0 Å². The molecule has 0 radical (unpaired) electrons. The normalized spacial score (nSPS) is 9.57. The van der Waals surface area contributed by atoms with E-state index in [1.54, 1.807) is 12.1 Å². The molecule has 0 saturated carbocycles. The number of hydrogen-bond acceptors (Lipinski definition) is 4. The third-order valence-electron chi connectivity index (χ3n) is 2.65. The van der Waals surface area contributed by atoms with Gasteiger partial charge in [0.15, 0.2) is 0 Å². The van der Waals surface area contributed by atoms with Crippen molar-refractivity contribution in [3.63, 3.8) is 0 Å². The zero-order chi connectivity index (χ0) is 15.8. The maximum atomic E-state index is 13.8. The van der Waals surface area contributed by atoms with Crippen LogP contribution in [0.1, 0.15) is 23.7 Å². The molecule has 110 valence electrons. The van der Waals surface area contributed by atoms with Gasteiger partial charge in [0.05, 0.1) is 12.1 Å². The van der Waals surface area contributed by atoms with Crippen molar-refractivity contribution < 1.29 is 13.6 Å². The molecule has 0 unspecified atom stereocenters. The van der Waals surface area contributed by atoms with E-state index in [-0.39, 0.29) is 24.3 Å². The molecule has 7 heteroatoms. The molecule has 0 spiro atoms. The first-order chi connectivity index (χ1) is 10.0. The molecule has 0 atom stereocenters. The maximum absolute atomic E-state index is 13.8. The van der Waals surface area contributed by atoms with E-state index in [1.807, 2.05) is 6.92 Å². The largest absolute Gasteiger partial charge is 0.380 e. The van der Waals surface area contributed by atoms with Crippen molar-refractivity contribution >= 4 is 11.6 Å². The summed E-state index contributed by atoms with van der Waals surface area (Å²) in [6, 6.07) is 5.24. The zero-order valence-electron chi connectivity index (χ0n) is 11.5. The van der Waals surface area contributed by atoms with Crippen LogP contribution in [0, 0.1) is 34.3 Å². The highest BCUT2D eigenvalue weighted by Gasteiger charge is 2.19. The second kappa shape index (κ2) is 7.81. The number of carbonyl (C=O) groups excluding carboxylic acids is 1. The number of anilines is 1. The minimum absolute atomic E-state index is 0.238. The summed E-state index contributed by atoms with van der Waals surface area (Å²) in [5, 5.41) is 19.8. The summed E-state index contributed by atoms with van der Waals surface area (Å²) in [6.07, 6.45) is 0.692. The average molecular weight is 292 g/mol. The monoisotopic (exact) mass is 292 g/mol. The lowest BCUT2D eigenvalue weighted by Gasteiger charge is -2.16. The standard InChI is InChI=1S/C14H14F2N4O/c1-2-5-19-13-11(15)8-10(9-12(13)16)14(21)20(6-3-17)7-4-18/h8-9,19H,2,5-7H2,1H3. The molecule has 1 aromatic carbocycles. The van der Waals surface area contributed by atoms with Crippen LogP contribution in [0.2, 0.25) is 0 Å². The Morgan fingerprint density at radius 2 is 1.76 bits per heavy atom.